The number of rotatable bonds is 4. The van der Waals surface area contributed by atoms with E-state index in [0.717, 1.165) is 16.1 Å². The van der Waals surface area contributed by atoms with Gasteiger partial charge in [-0.15, -0.1) is 11.3 Å². The van der Waals surface area contributed by atoms with Crippen LogP contribution in [0.4, 0.5) is 5.69 Å². The van der Waals surface area contributed by atoms with Crippen LogP contribution < -0.4 is 10.6 Å². The first-order valence-corrected chi connectivity index (χ1v) is 7.08. The van der Waals surface area contributed by atoms with Gasteiger partial charge in [0.05, 0.1) is 11.4 Å². The molecule has 5 heteroatoms. The molecule has 2 amide bonds. The van der Waals surface area contributed by atoms with Gasteiger partial charge in [-0.3, -0.25) is 9.59 Å². The van der Waals surface area contributed by atoms with E-state index in [4.69, 9.17) is 0 Å². The molecule has 0 saturated carbocycles. The SMILES string of the molecule is Cc1ccc(C(=O)NCC(=O)Nc2ccccc2C)s1. The predicted molar refractivity (Wildman–Crippen MR) is 81.2 cm³/mol. The summed E-state index contributed by atoms with van der Waals surface area (Å²) < 4.78 is 0. The molecule has 0 saturated heterocycles. The van der Waals surface area contributed by atoms with Crippen LogP contribution in [0, 0.1) is 13.8 Å². The number of carbonyl (C=O) groups excluding carboxylic acids is 2. The Bertz CT molecular complexity index is 634. The molecule has 20 heavy (non-hydrogen) atoms. The normalized spacial score (nSPS) is 10.1. The van der Waals surface area contributed by atoms with Crippen LogP contribution in [0.1, 0.15) is 20.1 Å². The molecule has 0 fully saturated rings. The van der Waals surface area contributed by atoms with Gasteiger partial charge in [0.1, 0.15) is 0 Å². The number of aryl methyl sites for hydroxylation is 2. The summed E-state index contributed by atoms with van der Waals surface area (Å²) in [5.41, 5.74) is 1.75. The van der Waals surface area contributed by atoms with Gasteiger partial charge >= 0.3 is 0 Å². The number of thiophene rings is 1. The maximum atomic E-state index is 11.8. The van der Waals surface area contributed by atoms with Gasteiger partial charge in [0, 0.05) is 10.6 Å². The average molecular weight is 288 g/mol. The molecule has 4 nitrogen and oxygen atoms in total. The minimum Gasteiger partial charge on any atom is -0.342 e. The molecule has 0 aliphatic carbocycles. The van der Waals surface area contributed by atoms with Crippen LogP contribution in [0.2, 0.25) is 0 Å². The molecule has 1 heterocycles. The number of amides is 2. The molecule has 0 aliphatic rings. The Labute approximate surface area is 121 Å². The molecule has 0 aliphatic heterocycles. The lowest BCUT2D eigenvalue weighted by atomic mass is 10.2. The highest BCUT2D eigenvalue weighted by atomic mass is 32.1. The molecule has 2 aromatic rings. The second-order valence-corrected chi connectivity index (χ2v) is 5.74. The standard InChI is InChI=1S/C15H16N2O2S/c1-10-5-3-4-6-12(10)17-14(18)9-16-15(19)13-8-7-11(2)20-13/h3-8H,9H2,1-2H3,(H,16,19)(H,17,18). The van der Waals surface area contributed by atoms with E-state index in [9.17, 15) is 9.59 Å². The molecule has 1 aromatic carbocycles. The summed E-state index contributed by atoms with van der Waals surface area (Å²) in [4.78, 5) is 25.3. The van der Waals surface area contributed by atoms with Crippen LogP contribution in [0.3, 0.4) is 0 Å². The third kappa shape index (κ3) is 3.68. The van der Waals surface area contributed by atoms with E-state index < -0.39 is 0 Å². The van der Waals surface area contributed by atoms with E-state index in [1.165, 1.54) is 11.3 Å². The molecule has 0 spiro atoms. The number of anilines is 1. The number of hydrogen-bond donors (Lipinski definition) is 2. The number of nitrogens with one attached hydrogen (secondary N) is 2. The maximum absolute atomic E-state index is 11.8. The van der Waals surface area contributed by atoms with Crippen LogP contribution in [0.15, 0.2) is 36.4 Å². The Hall–Kier alpha value is -2.14. The van der Waals surface area contributed by atoms with Crippen LogP contribution in [-0.4, -0.2) is 18.4 Å². The fourth-order valence-corrected chi connectivity index (χ4v) is 2.50. The summed E-state index contributed by atoms with van der Waals surface area (Å²) >= 11 is 1.41. The van der Waals surface area contributed by atoms with E-state index in [2.05, 4.69) is 10.6 Å². The fourth-order valence-electron chi connectivity index (χ4n) is 1.71. The number of para-hydroxylation sites is 1. The van der Waals surface area contributed by atoms with Gasteiger partial charge in [-0.25, -0.2) is 0 Å². The van der Waals surface area contributed by atoms with Crippen molar-refractivity contribution in [3.05, 3.63) is 51.7 Å². The maximum Gasteiger partial charge on any atom is 0.261 e. The quantitative estimate of drug-likeness (QED) is 0.909. The molecule has 0 unspecified atom stereocenters. The van der Waals surface area contributed by atoms with Gasteiger partial charge in [0.15, 0.2) is 0 Å². The molecule has 104 valence electrons. The van der Waals surface area contributed by atoms with Crippen molar-refractivity contribution in [1.82, 2.24) is 5.32 Å². The lowest BCUT2D eigenvalue weighted by Gasteiger charge is -2.08. The molecule has 2 N–H and O–H groups in total. The highest BCUT2D eigenvalue weighted by Gasteiger charge is 2.10. The molecule has 0 radical (unpaired) electrons. The predicted octanol–water partition coefficient (Wildman–Crippen LogP) is 2.73. The highest BCUT2D eigenvalue weighted by molar-refractivity contribution is 7.13. The van der Waals surface area contributed by atoms with Crippen molar-refractivity contribution >= 4 is 28.8 Å². The van der Waals surface area contributed by atoms with E-state index >= 15 is 0 Å². The monoisotopic (exact) mass is 288 g/mol. The van der Waals surface area contributed by atoms with Crippen molar-refractivity contribution in [2.45, 2.75) is 13.8 Å². The highest BCUT2D eigenvalue weighted by Crippen LogP contribution is 2.15. The van der Waals surface area contributed by atoms with Crippen LogP contribution in [-0.2, 0) is 4.79 Å². The number of carbonyl (C=O) groups is 2. The number of hydrogen-bond acceptors (Lipinski definition) is 3. The summed E-state index contributed by atoms with van der Waals surface area (Å²) in [6, 6.07) is 11.2. The van der Waals surface area contributed by atoms with Gasteiger partial charge in [0.2, 0.25) is 5.91 Å². The summed E-state index contributed by atoms with van der Waals surface area (Å²) in [6.45, 7) is 3.82. The average Bonchev–Trinajstić information content (AvgIpc) is 2.85. The van der Waals surface area contributed by atoms with Gasteiger partial charge in [0.25, 0.3) is 5.91 Å². The third-order valence-corrected chi connectivity index (χ3v) is 3.79. The fraction of sp³-hybridized carbons (Fsp3) is 0.200. The van der Waals surface area contributed by atoms with Crippen molar-refractivity contribution in [1.29, 1.82) is 0 Å². The molecular weight excluding hydrogens is 272 g/mol. The molecule has 1 aromatic heterocycles. The summed E-state index contributed by atoms with van der Waals surface area (Å²) in [7, 11) is 0. The van der Waals surface area contributed by atoms with Crippen molar-refractivity contribution in [3.8, 4) is 0 Å². The largest absolute Gasteiger partial charge is 0.342 e. The van der Waals surface area contributed by atoms with Gasteiger partial charge < -0.3 is 10.6 Å². The van der Waals surface area contributed by atoms with Crippen molar-refractivity contribution in [3.63, 3.8) is 0 Å². The topological polar surface area (TPSA) is 58.2 Å². The first-order valence-electron chi connectivity index (χ1n) is 6.26. The molecular formula is C15H16N2O2S. The zero-order valence-electron chi connectivity index (χ0n) is 11.4. The molecule has 0 bridgehead atoms. The zero-order valence-corrected chi connectivity index (χ0v) is 12.2. The van der Waals surface area contributed by atoms with Crippen LogP contribution >= 0.6 is 11.3 Å². The van der Waals surface area contributed by atoms with Crippen molar-refractivity contribution < 1.29 is 9.59 Å². The van der Waals surface area contributed by atoms with E-state index in [1.54, 1.807) is 6.07 Å². The van der Waals surface area contributed by atoms with E-state index in [-0.39, 0.29) is 18.4 Å². The third-order valence-electron chi connectivity index (χ3n) is 2.79. The minimum absolute atomic E-state index is 0.0376. The Balaban J connectivity index is 1.87. The summed E-state index contributed by atoms with van der Waals surface area (Å²) in [5.74, 6) is -0.455. The second kappa shape index (κ2) is 6.34. The molecule has 0 atom stereocenters. The first-order chi connectivity index (χ1) is 9.56. The van der Waals surface area contributed by atoms with E-state index in [0.29, 0.717) is 4.88 Å². The lowest BCUT2D eigenvalue weighted by Crippen LogP contribution is -2.32. The Morgan fingerprint density at radius 2 is 1.85 bits per heavy atom. The van der Waals surface area contributed by atoms with Gasteiger partial charge in [-0.2, -0.15) is 0 Å². The molecule has 2 rings (SSSR count). The lowest BCUT2D eigenvalue weighted by molar-refractivity contribution is -0.115. The summed E-state index contributed by atoms with van der Waals surface area (Å²) in [6.07, 6.45) is 0. The zero-order chi connectivity index (χ0) is 14.5. The second-order valence-electron chi connectivity index (χ2n) is 4.46. The van der Waals surface area contributed by atoms with Crippen LogP contribution in [0.5, 0.6) is 0 Å². The summed E-state index contributed by atoms with van der Waals surface area (Å²) in [5, 5.41) is 5.38. The Morgan fingerprint density at radius 3 is 2.50 bits per heavy atom. The van der Waals surface area contributed by atoms with Gasteiger partial charge in [-0.1, -0.05) is 18.2 Å². The first kappa shape index (κ1) is 14.3. The Morgan fingerprint density at radius 1 is 1.10 bits per heavy atom. The minimum atomic E-state index is -0.235. The van der Waals surface area contributed by atoms with Crippen molar-refractivity contribution in [2.24, 2.45) is 0 Å². The Kier molecular flexibility index (Phi) is 4.53. The van der Waals surface area contributed by atoms with Gasteiger partial charge in [-0.05, 0) is 37.6 Å². The van der Waals surface area contributed by atoms with Crippen LogP contribution in [0.25, 0.3) is 0 Å². The van der Waals surface area contributed by atoms with E-state index in [1.807, 2.05) is 44.2 Å². The van der Waals surface area contributed by atoms with Crippen molar-refractivity contribution in [2.75, 3.05) is 11.9 Å². The smallest absolute Gasteiger partial charge is 0.261 e. The number of benzene rings is 1.